The van der Waals surface area contributed by atoms with Crippen LogP contribution in [0.2, 0.25) is 0 Å². The van der Waals surface area contributed by atoms with Crippen LogP contribution >= 0.6 is 0 Å². The second kappa shape index (κ2) is 7.66. The molecule has 2 rings (SSSR count). The van der Waals surface area contributed by atoms with Crippen molar-refractivity contribution in [3.8, 4) is 11.5 Å². The van der Waals surface area contributed by atoms with Gasteiger partial charge < -0.3 is 15.3 Å². The Morgan fingerprint density at radius 2 is 1.86 bits per heavy atom. The molecule has 0 saturated carbocycles. The van der Waals surface area contributed by atoms with E-state index >= 15 is 0 Å². The fraction of sp³-hybridized carbons (Fsp3) is 0.0667. The molecule has 0 aromatic heterocycles. The Balaban J connectivity index is 0.00000220. The first-order valence-corrected chi connectivity index (χ1v) is 5.97. The fourth-order valence-electron chi connectivity index (χ4n) is 1.65. The molecule has 0 spiro atoms. The molecule has 0 radical (unpaired) electrons. The number of hydrazone groups is 1. The molecule has 4 N–H and O–H groups in total. The lowest BCUT2D eigenvalue weighted by atomic mass is 10.2. The van der Waals surface area contributed by atoms with Crippen molar-refractivity contribution in [1.29, 1.82) is 0 Å². The van der Waals surface area contributed by atoms with Gasteiger partial charge in [0.2, 0.25) is 0 Å². The maximum absolute atomic E-state index is 11.9. The summed E-state index contributed by atoms with van der Waals surface area (Å²) < 4.78 is 5.10. The molecule has 21 heavy (non-hydrogen) atoms. The summed E-state index contributed by atoms with van der Waals surface area (Å²) in [6.07, 6.45) is 1.38. The van der Waals surface area contributed by atoms with Crippen LogP contribution in [0.15, 0.2) is 53.6 Å². The first-order valence-electron chi connectivity index (χ1n) is 5.97. The molecule has 0 bridgehead atoms. The molecule has 0 unspecified atom stereocenters. The van der Waals surface area contributed by atoms with Gasteiger partial charge in [0.15, 0.2) is 0 Å². The van der Waals surface area contributed by atoms with Gasteiger partial charge in [0, 0.05) is 5.56 Å². The van der Waals surface area contributed by atoms with Crippen LogP contribution < -0.4 is 10.2 Å². The lowest BCUT2D eigenvalue weighted by Gasteiger charge is -2.06. The second-order valence-electron chi connectivity index (χ2n) is 3.96. The van der Waals surface area contributed by atoms with Crippen molar-refractivity contribution in [2.45, 2.75) is 0 Å². The highest BCUT2D eigenvalue weighted by Gasteiger charge is 2.09. The quantitative estimate of drug-likeness (QED) is 0.655. The molecular formula is C15H16N2O4. The van der Waals surface area contributed by atoms with Crippen LogP contribution in [0.25, 0.3) is 0 Å². The number of nitrogens with one attached hydrogen (secondary N) is 1. The third kappa shape index (κ3) is 4.05. The van der Waals surface area contributed by atoms with E-state index in [0.29, 0.717) is 16.9 Å². The van der Waals surface area contributed by atoms with Gasteiger partial charge in [0.05, 0.1) is 18.9 Å². The molecule has 1 amide bonds. The van der Waals surface area contributed by atoms with Gasteiger partial charge in [-0.05, 0) is 24.3 Å². The van der Waals surface area contributed by atoms with Crippen LogP contribution in [0, 0.1) is 0 Å². The lowest BCUT2D eigenvalue weighted by molar-refractivity contribution is 0.0952. The van der Waals surface area contributed by atoms with Gasteiger partial charge in [-0.25, -0.2) is 5.43 Å². The molecule has 110 valence electrons. The summed E-state index contributed by atoms with van der Waals surface area (Å²) in [6, 6.07) is 13.6. The van der Waals surface area contributed by atoms with Crippen molar-refractivity contribution in [2.75, 3.05) is 7.11 Å². The zero-order valence-corrected chi connectivity index (χ0v) is 11.4. The largest absolute Gasteiger partial charge is 0.507 e. The van der Waals surface area contributed by atoms with Crippen LogP contribution in [0.3, 0.4) is 0 Å². The SMILES string of the molecule is COc1ccccc1C(=O)N/N=C/c1ccccc1O.O. The Bertz CT molecular complexity index is 641. The first kappa shape index (κ1) is 16.2. The molecule has 0 fully saturated rings. The van der Waals surface area contributed by atoms with Gasteiger partial charge >= 0.3 is 0 Å². The highest BCUT2D eigenvalue weighted by molar-refractivity contribution is 5.97. The average molecular weight is 288 g/mol. The number of hydrogen-bond donors (Lipinski definition) is 2. The number of aromatic hydroxyl groups is 1. The lowest BCUT2D eigenvalue weighted by Crippen LogP contribution is -2.18. The molecule has 0 heterocycles. The molecule has 0 saturated heterocycles. The number of rotatable bonds is 4. The summed E-state index contributed by atoms with van der Waals surface area (Å²) in [7, 11) is 1.50. The maximum Gasteiger partial charge on any atom is 0.275 e. The molecule has 0 aliphatic rings. The molecule has 0 aliphatic heterocycles. The predicted molar refractivity (Wildman–Crippen MR) is 79.8 cm³/mol. The number of carbonyl (C=O) groups excluding carboxylic acids is 1. The van der Waals surface area contributed by atoms with E-state index in [1.165, 1.54) is 13.3 Å². The summed E-state index contributed by atoms with van der Waals surface area (Å²) in [6.45, 7) is 0. The summed E-state index contributed by atoms with van der Waals surface area (Å²) in [4.78, 5) is 11.9. The van der Waals surface area contributed by atoms with Crippen LogP contribution in [-0.2, 0) is 0 Å². The van der Waals surface area contributed by atoms with Crippen molar-refractivity contribution < 1.29 is 20.1 Å². The first-order chi connectivity index (χ1) is 9.72. The molecular weight excluding hydrogens is 272 g/mol. The number of phenolic OH excluding ortho intramolecular Hbond substituents is 1. The van der Waals surface area contributed by atoms with Crippen LogP contribution in [0.4, 0.5) is 0 Å². The van der Waals surface area contributed by atoms with E-state index in [1.807, 2.05) is 0 Å². The molecule has 0 atom stereocenters. The van der Waals surface area contributed by atoms with Gasteiger partial charge in [-0.2, -0.15) is 5.10 Å². The number of ether oxygens (including phenoxy) is 1. The smallest absolute Gasteiger partial charge is 0.275 e. The Morgan fingerprint density at radius 1 is 1.19 bits per heavy atom. The monoisotopic (exact) mass is 288 g/mol. The number of nitrogens with zero attached hydrogens (tertiary/aromatic N) is 1. The maximum atomic E-state index is 11.9. The Hall–Kier alpha value is -2.86. The van der Waals surface area contributed by atoms with Gasteiger partial charge in [-0.1, -0.05) is 24.3 Å². The van der Waals surface area contributed by atoms with Gasteiger partial charge in [0.25, 0.3) is 5.91 Å². The van der Waals surface area contributed by atoms with E-state index in [-0.39, 0.29) is 17.1 Å². The standard InChI is InChI=1S/C15H14N2O3.H2O/c1-20-14-9-5-3-7-12(14)15(19)17-16-10-11-6-2-4-8-13(11)18;/h2-10,18H,1H3,(H,17,19);1H2/b16-10+;. The van der Waals surface area contributed by atoms with Crippen LogP contribution in [0.5, 0.6) is 11.5 Å². The van der Waals surface area contributed by atoms with E-state index in [1.54, 1.807) is 48.5 Å². The van der Waals surface area contributed by atoms with E-state index in [9.17, 15) is 9.90 Å². The number of para-hydroxylation sites is 2. The molecule has 6 nitrogen and oxygen atoms in total. The van der Waals surface area contributed by atoms with Crippen LogP contribution in [-0.4, -0.2) is 29.8 Å². The van der Waals surface area contributed by atoms with Crippen LogP contribution in [0.1, 0.15) is 15.9 Å². The minimum absolute atomic E-state index is 0. The summed E-state index contributed by atoms with van der Waals surface area (Å²) >= 11 is 0. The topological polar surface area (TPSA) is 102 Å². The van der Waals surface area contributed by atoms with E-state index in [2.05, 4.69) is 10.5 Å². The Labute approximate surface area is 122 Å². The minimum atomic E-state index is -0.380. The number of carbonyl (C=O) groups is 1. The summed E-state index contributed by atoms with van der Waals surface area (Å²) in [5, 5.41) is 13.4. The van der Waals surface area contributed by atoms with Crippen molar-refractivity contribution in [1.82, 2.24) is 5.43 Å². The Morgan fingerprint density at radius 3 is 2.57 bits per heavy atom. The third-order valence-electron chi connectivity index (χ3n) is 2.66. The highest BCUT2D eigenvalue weighted by atomic mass is 16.5. The third-order valence-corrected chi connectivity index (χ3v) is 2.66. The summed E-state index contributed by atoms with van der Waals surface area (Å²) in [5.74, 6) is 0.194. The highest BCUT2D eigenvalue weighted by Crippen LogP contribution is 2.17. The average Bonchev–Trinajstić information content (AvgIpc) is 2.49. The van der Waals surface area contributed by atoms with E-state index in [4.69, 9.17) is 4.74 Å². The number of hydrogen-bond acceptors (Lipinski definition) is 4. The van der Waals surface area contributed by atoms with Crippen molar-refractivity contribution >= 4 is 12.1 Å². The molecule has 0 aliphatic carbocycles. The molecule has 2 aromatic carbocycles. The fourth-order valence-corrected chi connectivity index (χ4v) is 1.65. The normalized spacial score (nSPS) is 9.95. The Kier molecular flexibility index (Phi) is 5.91. The number of phenols is 1. The van der Waals surface area contributed by atoms with E-state index < -0.39 is 0 Å². The molecule has 6 heteroatoms. The summed E-state index contributed by atoms with van der Waals surface area (Å²) in [5.41, 5.74) is 3.30. The van der Waals surface area contributed by atoms with E-state index in [0.717, 1.165) is 0 Å². The van der Waals surface area contributed by atoms with Gasteiger partial charge in [-0.15, -0.1) is 0 Å². The number of benzene rings is 2. The van der Waals surface area contributed by atoms with Gasteiger partial charge in [0.1, 0.15) is 11.5 Å². The van der Waals surface area contributed by atoms with Crippen molar-refractivity contribution in [2.24, 2.45) is 5.10 Å². The van der Waals surface area contributed by atoms with Gasteiger partial charge in [-0.3, -0.25) is 4.79 Å². The number of amides is 1. The second-order valence-corrected chi connectivity index (χ2v) is 3.96. The predicted octanol–water partition coefficient (Wildman–Crippen LogP) is 1.34. The molecule has 2 aromatic rings. The zero-order chi connectivity index (χ0) is 14.4. The number of methoxy groups -OCH3 is 1. The van der Waals surface area contributed by atoms with Crippen molar-refractivity contribution in [3.05, 3.63) is 59.7 Å². The zero-order valence-electron chi connectivity index (χ0n) is 11.4. The minimum Gasteiger partial charge on any atom is -0.507 e. The van der Waals surface area contributed by atoms with Crippen molar-refractivity contribution in [3.63, 3.8) is 0 Å².